The van der Waals surface area contributed by atoms with Gasteiger partial charge in [-0.05, 0) is 43.2 Å². The lowest BCUT2D eigenvalue weighted by Gasteiger charge is -2.32. The molecule has 1 saturated heterocycles. The number of pyridine rings is 1. The zero-order chi connectivity index (χ0) is 21.7. The van der Waals surface area contributed by atoms with Crippen LogP contribution in [-0.2, 0) is 4.79 Å². The second kappa shape index (κ2) is 9.34. The van der Waals surface area contributed by atoms with Gasteiger partial charge in [0.1, 0.15) is 0 Å². The minimum Gasteiger partial charge on any atom is -0.468 e. The molecule has 1 aliphatic heterocycles. The quantitative estimate of drug-likeness (QED) is 0.756. The minimum absolute atomic E-state index is 0.169. The summed E-state index contributed by atoms with van der Waals surface area (Å²) in [5.41, 5.74) is 0.833. The van der Waals surface area contributed by atoms with Crippen molar-refractivity contribution in [2.75, 3.05) is 25.0 Å². The van der Waals surface area contributed by atoms with Gasteiger partial charge in [0, 0.05) is 29.7 Å². The molecule has 160 valence electrons. The summed E-state index contributed by atoms with van der Waals surface area (Å²) in [6, 6.07) is 9.22. The van der Waals surface area contributed by atoms with E-state index in [1.807, 2.05) is 0 Å². The molecule has 1 aromatic carbocycles. The molecule has 1 atom stereocenters. The Kier molecular flexibility index (Phi) is 6.81. The molecule has 3 rings (SSSR count). The average Bonchev–Trinajstić information content (AvgIpc) is 2.73. The molecular weight excluding hydrogens is 423 g/mol. The predicted octanol–water partition coefficient (Wildman–Crippen LogP) is 4.17. The highest BCUT2D eigenvalue weighted by molar-refractivity contribution is 6.30. The molecule has 1 N–H and O–H groups in total. The first kappa shape index (κ1) is 21.9. The van der Waals surface area contributed by atoms with Crippen molar-refractivity contribution >= 4 is 29.1 Å². The van der Waals surface area contributed by atoms with Gasteiger partial charge in [-0.25, -0.2) is 4.98 Å². The maximum Gasteiger partial charge on any atom is 0.422 e. The summed E-state index contributed by atoms with van der Waals surface area (Å²) in [4.78, 5) is 30.6. The molecule has 2 heterocycles. The lowest BCUT2D eigenvalue weighted by atomic mass is 9.96. The van der Waals surface area contributed by atoms with Gasteiger partial charge in [-0.2, -0.15) is 13.2 Å². The standard InChI is InChI=1S/C20H19ClF3N3O3/c21-15-5-3-13(4-6-15)19(29)27-9-1-2-14(11-27)18(28)26-16-7-8-17(25-10-16)30-12-20(22,23)24/h3-8,10,14H,1-2,9,11-12H2,(H,26,28). The van der Waals surface area contributed by atoms with E-state index in [1.54, 1.807) is 29.2 Å². The van der Waals surface area contributed by atoms with Crippen LogP contribution in [-0.4, -0.2) is 47.6 Å². The number of hydrogen-bond acceptors (Lipinski definition) is 4. The van der Waals surface area contributed by atoms with E-state index in [9.17, 15) is 22.8 Å². The van der Waals surface area contributed by atoms with Crippen molar-refractivity contribution in [1.82, 2.24) is 9.88 Å². The first-order valence-corrected chi connectivity index (χ1v) is 9.60. The molecule has 10 heteroatoms. The van der Waals surface area contributed by atoms with E-state index in [4.69, 9.17) is 11.6 Å². The van der Waals surface area contributed by atoms with Crippen molar-refractivity contribution < 1.29 is 27.5 Å². The second-order valence-electron chi connectivity index (χ2n) is 6.88. The van der Waals surface area contributed by atoms with Crippen molar-refractivity contribution in [3.05, 3.63) is 53.2 Å². The number of carbonyl (C=O) groups excluding carboxylic acids is 2. The SMILES string of the molecule is O=C(Nc1ccc(OCC(F)(F)F)nc1)C1CCCN(C(=O)c2ccc(Cl)cc2)C1. The highest BCUT2D eigenvalue weighted by atomic mass is 35.5. The molecule has 0 bridgehead atoms. The third-order valence-corrected chi connectivity index (χ3v) is 4.81. The van der Waals surface area contributed by atoms with E-state index >= 15 is 0 Å². The number of piperidine rings is 1. The normalized spacial score (nSPS) is 16.8. The van der Waals surface area contributed by atoms with Gasteiger partial charge in [0.15, 0.2) is 6.61 Å². The zero-order valence-corrected chi connectivity index (χ0v) is 16.5. The number of halogens is 4. The summed E-state index contributed by atoms with van der Waals surface area (Å²) in [7, 11) is 0. The number of benzene rings is 1. The van der Waals surface area contributed by atoms with Crippen LogP contribution < -0.4 is 10.1 Å². The molecule has 2 amide bonds. The van der Waals surface area contributed by atoms with Gasteiger partial charge in [-0.15, -0.1) is 0 Å². The number of alkyl halides is 3. The molecule has 1 fully saturated rings. The number of nitrogens with zero attached hydrogens (tertiary/aromatic N) is 2. The van der Waals surface area contributed by atoms with Crippen LogP contribution in [0, 0.1) is 5.92 Å². The molecule has 0 spiro atoms. The first-order valence-electron chi connectivity index (χ1n) is 9.22. The fourth-order valence-corrected chi connectivity index (χ4v) is 3.22. The van der Waals surface area contributed by atoms with E-state index in [0.29, 0.717) is 35.7 Å². The molecule has 0 radical (unpaired) electrons. The number of nitrogens with one attached hydrogen (secondary N) is 1. The number of likely N-dealkylation sites (tertiary alicyclic amines) is 1. The Labute approximate surface area is 176 Å². The lowest BCUT2D eigenvalue weighted by molar-refractivity contribution is -0.154. The van der Waals surface area contributed by atoms with Crippen LogP contribution in [0.3, 0.4) is 0 Å². The van der Waals surface area contributed by atoms with E-state index in [0.717, 1.165) is 0 Å². The predicted molar refractivity (Wildman–Crippen MR) is 104 cm³/mol. The lowest BCUT2D eigenvalue weighted by Crippen LogP contribution is -2.43. The summed E-state index contributed by atoms with van der Waals surface area (Å²) in [6.45, 7) is -0.614. The molecule has 6 nitrogen and oxygen atoms in total. The maximum absolute atomic E-state index is 12.7. The second-order valence-corrected chi connectivity index (χ2v) is 7.31. The smallest absolute Gasteiger partial charge is 0.422 e. The molecule has 0 saturated carbocycles. The summed E-state index contributed by atoms with van der Waals surface area (Å²) >= 11 is 5.85. The van der Waals surface area contributed by atoms with Crippen molar-refractivity contribution in [1.29, 1.82) is 0 Å². The minimum atomic E-state index is -4.45. The largest absolute Gasteiger partial charge is 0.468 e. The Morgan fingerprint density at radius 3 is 2.57 bits per heavy atom. The molecule has 30 heavy (non-hydrogen) atoms. The van der Waals surface area contributed by atoms with E-state index in [1.165, 1.54) is 18.3 Å². The Morgan fingerprint density at radius 1 is 1.20 bits per heavy atom. The van der Waals surface area contributed by atoms with Gasteiger partial charge in [-0.1, -0.05) is 11.6 Å². The Hall–Kier alpha value is -2.81. The molecule has 2 aromatic rings. The molecule has 0 aliphatic carbocycles. The molecule has 1 aromatic heterocycles. The molecule has 1 aliphatic rings. The van der Waals surface area contributed by atoms with Crippen molar-refractivity contribution in [3.63, 3.8) is 0 Å². The van der Waals surface area contributed by atoms with Gasteiger partial charge in [-0.3, -0.25) is 9.59 Å². The number of hydrogen-bond donors (Lipinski definition) is 1. The first-order chi connectivity index (χ1) is 14.2. The summed E-state index contributed by atoms with van der Waals surface area (Å²) < 4.78 is 41.0. The molecule has 1 unspecified atom stereocenters. The van der Waals surface area contributed by atoms with Crippen molar-refractivity contribution in [3.8, 4) is 5.88 Å². The average molecular weight is 442 g/mol. The Bertz CT molecular complexity index is 889. The summed E-state index contributed by atoms with van der Waals surface area (Å²) in [6.07, 6.45) is -1.93. The number of carbonyl (C=O) groups is 2. The van der Waals surface area contributed by atoms with Gasteiger partial charge >= 0.3 is 6.18 Å². The van der Waals surface area contributed by atoms with Crippen LogP contribution >= 0.6 is 11.6 Å². The van der Waals surface area contributed by atoms with Crippen LogP contribution in [0.2, 0.25) is 5.02 Å². The van der Waals surface area contributed by atoms with Crippen LogP contribution in [0.15, 0.2) is 42.6 Å². The summed E-state index contributed by atoms with van der Waals surface area (Å²) in [5.74, 6) is -1.05. The van der Waals surface area contributed by atoms with Gasteiger partial charge in [0.25, 0.3) is 5.91 Å². The highest BCUT2D eigenvalue weighted by Gasteiger charge is 2.30. The van der Waals surface area contributed by atoms with Crippen LogP contribution in [0.25, 0.3) is 0 Å². The third kappa shape index (κ3) is 6.09. The maximum atomic E-state index is 12.7. The number of rotatable bonds is 5. The van der Waals surface area contributed by atoms with E-state index in [2.05, 4.69) is 15.0 Å². The van der Waals surface area contributed by atoms with Crippen molar-refractivity contribution in [2.24, 2.45) is 5.92 Å². The number of ether oxygens (including phenoxy) is 1. The monoisotopic (exact) mass is 441 g/mol. The van der Waals surface area contributed by atoms with Gasteiger partial charge in [0.2, 0.25) is 11.8 Å². The highest BCUT2D eigenvalue weighted by Crippen LogP contribution is 2.22. The fourth-order valence-electron chi connectivity index (χ4n) is 3.09. The van der Waals surface area contributed by atoms with Crippen LogP contribution in [0.1, 0.15) is 23.2 Å². The van der Waals surface area contributed by atoms with E-state index < -0.39 is 18.7 Å². The number of amides is 2. The van der Waals surface area contributed by atoms with E-state index in [-0.39, 0.29) is 24.2 Å². The zero-order valence-electron chi connectivity index (χ0n) is 15.8. The fraction of sp³-hybridized carbons (Fsp3) is 0.350. The summed E-state index contributed by atoms with van der Waals surface area (Å²) in [5, 5.41) is 3.22. The van der Waals surface area contributed by atoms with Gasteiger partial charge < -0.3 is 15.0 Å². The third-order valence-electron chi connectivity index (χ3n) is 4.56. The number of anilines is 1. The van der Waals surface area contributed by atoms with Crippen LogP contribution in [0.4, 0.5) is 18.9 Å². The van der Waals surface area contributed by atoms with Gasteiger partial charge in [0.05, 0.1) is 17.8 Å². The Balaban J connectivity index is 1.56. The van der Waals surface area contributed by atoms with Crippen molar-refractivity contribution in [2.45, 2.75) is 19.0 Å². The Morgan fingerprint density at radius 2 is 1.93 bits per heavy atom. The number of aromatic nitrogens is 1. The topological polar surface area (TPSA) is 71.5 Å². The van der Waals surface area contributed by atoms with Crippen LogP contribution in [0.5, 0.6) is 5.88 Å². The molecular formula is C20H19ClF3N3O3.